The Labute approximate surface area is 223 Å². The Balaban J connectivity index is 0.000000352. The van der Waals surface area contributed by atoms with E-state index in [0.29, 0.717) is 0 Å². The third-order valence-corrected chi connectivity index (χ3v) is 7.06. The van der Waals surface area contributed by atoms with Crippen LogP contribution in [0.3, 0.4) is 0 Å². The molecule has 1 heterocycles. The van der Waals surface area contributed by atoms with E-state index in [1.807, 2.05) is 6.92 Å². The van der Waals surface area contributed by atoms with Crippen molar-refractivity contribution in [3.63, 3.8) is 0 Å². The summed E-state index contributed by atoms with van der Waals surface area (Å²) >= 11 is 7.78. The minimum absolute atomic E-state index is 0.188. The zero-order valence-corrected chi connectivity index (χ0v) is 23.5. The Hall–Kier alpha value is -2.37. The first-order chi connectivity index (χ1) is 17.2. The molecule has 1 N–H and O–H groups in total. The number of halogens is 3. The fourth-order valence-electron chi connectivity index (χ4n) is 3.97. The monoisotopic (exact) mass is 530 g/mol. The lowest BCUT2D eigenvalue weighted by atomic mass is 9.92. The van der Waals surface area contributed by atoms with Gasteiger partial charge in [-0.2, -0.15) is 0 Å². The number of aryl methyl sites for hydroxylation is 1. The van der Waals surface area contributed by atoms with Gasteiger partial charge in [0.05, 0.1) is 11.2 Å². The number of benzene rings is 2. The molecular formula is C30H37ClF2N2S. The highest BCUT2D eigenvalue weighted by molar-refractivity contribution is 7.98. The highest BCUT2D eigenvalue weighted by Gasteiger charge is 2.19. The summed E-state index contributed by atoms with van der Waals surface area (Å²) in [4.78, 5) is 8.61. The van der Waals surface area contributed by atoms with Crippen molar-refractivity contribution in [1.29, 1.82) is 0 Å². The van der Waals surface area contributed by atoms with Gasteiger partial charge in [-0.25, -0.2) is 8.78 Å². The molecule has 0 amide bonds. The molecule has 6 heteroatoms. The summed E-state index contributed by atoms with van der Waals surface area (Å²) in [5, 5.41) is 1.23. The van der Waals surface area contributed by atoms with Gasteiger partial charge in [0.1, 0.15) is 11.6 Å². The molecule has 3 rings (SSSR count). The summed E-state index contributed by atoms with van der Waals surface area (Å²) in [7, 11) is 0. The Morgan fingerprint density at radius 3 is 2.47 bits per heavy atom. The second kappa shape index (κ2) is 15.0. The van der Waals surface area contributed by atoms with Gasteiger partial charge >= 0.3 is 0 Å². The molecule has 0 saturated heterocycles. The molecule has 0 fully saturated rings. The molecule has 1 aromatic heterocycles. The van der Waals surface area contributed by atoms with E-state index in [2.05, 4.69) is 67.8 Å². The zero-order valence-electron chi connectivity index (χ0n) is 21.9. The summed E-state index contributed by atoms with van der Waals surface area (Å²) in [6.45, 7) is 11.6. The van der Waals surface area contributed by atoms with Gasteiger partial charge in [0, 0.05) is 33.1 Å². The Morgan fingerprint density at radius 1 is 1.19 bits per heavy atom. The zero-order chi connectivity index (χ0) is 26.7. The van der Waals surface area contributed by atoms with Crippen molar-refractivity contribution < 1.29 is 8.78 Å². The molecule has 194 valence electrons. The summed E-state index contributed by atoms with van der Waals surface area (Å²) in [6.07, 6.45) is 9.57. The van der Waals surface area contributed by atoms with Gasteiger partial charge < -0.3 is 4.98 Å². The molecule has 2 aromatic carbocycles. The van der Waals surface area contributed by atoms with Crippen LogP contribution in [0.2, 0.25) is 5.02 Å². The van der Waals surface area contributed by atoms with Crippen LogP contribution in [0.5, 0.6) is 0 Å². The SMILES string of the molecule is C=C/C(F)=C\N=C(C)CCC.CCCCc1c(C(C)c2ccc(SC)cc2)[nH]c2cc(F)c(Cl)cc12. The average molecular weight is 531 g/mol. The third kappa shape index (κ3) is 8.35. The second-order valence-electron chi connectivity index (χ2n) is 8.76. The molecule has 0 aliphatic heterocycles. The number of fused-ring (bicyclic) bond motifs is 1. The summed E-state index contributed by atoms with van der Waals surface area (Å²) in [5.41, 5.74) is 5.47. The van der Waals surface area contributed by atoms with Crippen LogP contribution in [0.1, 0.15) is 76.1 Å². The molecule has 1 atom stereocenters. The fourth-order valence-corrected chi connectivity index (χ4v) is 4.54. The van der Waals surface area contributed by atoms with Crippen molar-refractivity contribution in [2.75, 3.05) is 6.26 Å². The Kier molecular flexibility index (Phi) is 12.5. The van der Waals surface area contributed by atoms with Crippen LogP contribution in [0.25, 0.3) is 10.9 Å². The lowest BCUT2D eigenvalue weighted by Crippen LogP contribution is -2.00. The highest BCUT2D eigenvalue weighted by atomic mass is 35.5. The van der Waals surface area contributed by atoms with Crippen LogP contribution >= 0.6 is 23.4 Å². The largest absolute Gasteiger partial charge is 0.358 e. The standard InChI is InChI=1S/C21H23ClFNS.C9H14FN/c1-4-5-6-16-17-11-18(22)19(23)12-20(17)24-21(16)13(2)14-7-9-15(25-3)10-8-14;1-4-6-8(3)11-7-9(10)5-2/h7-13,24H,4-6H2,1-3H3;5,7H,2,4,6H2,1,3H3/b;9-7+,11-8?. The first-order valence-corrected chi connectivity index (χ1v) is 14.0. The van der Waals surface area contributed by atoms with E-state index < -0.39 is 0 Å². The predicted octanol–water partition coefficient (Wildman–Crippen LogP) is 10.4. The molecule has 36 heavy (non-hydrogen) atoms. The number of nitrogens with one attached hydrogen (secondary N) is 1. The minimum Gasteiger partial charge on any atom is -0.358 e. The number of aromatic amines is 1. The van der Waals surface area contributed by atoms with Crippen LogP contribution in [0.4, 0.5) is 8.78 Å². The number of thioether (sulfide) groups is 1. The maximum absolute atomic E-state index is 13.9. The first-order valence-electron chi connectivity index (χ1n) is 12.4. The number of rotatable bonds is 10. The number of aromatic nitrogens is 1. The van der Waals surface area contributed by atoms with E-state index in [4.69, 9.17) is 11.6 Å². The molecule has 2 nitrogen and oxygen atoms in total. The summed E-state index contributed by atoms with van der Waals surface area (Å²) in [6, 6.07) is 11.9. The molecule has 1 unspecified atom stereocenters. The van der Waals surface area contributed by atoms with Crippen LogP contribution in [0, 0.1) is 5.82 Å². The quantitative estimate of drug-likeness (QED) is 0.157. The summed E-state index contributed by atoms with van der Waals surface area (Å²) < 4.78 is 26.3. The number of hydrogen-bond donors (Lipinski definition) is 1. The van der Waals surface area contributed by atoms with Gasteiger partial charge in [-0.15, -0.1) is 11.8 Å². The number of H-pyrrole nitrogens is 1. The van der Waals surface area contributed by atoms with Crippen LogP contribution < -0.4 is 0 Å². The van der Waals surface area contributed by atoms with E-state index in [1.165, 1.54) is 34.0 Å². The molecule has 3 aromatic rings. The predicted molar refractivity (Wildman–Crippen MR) is 155 cm³/mol. The van der Waals surface area contributed by atoms with Gasteiger partial charge in [-0.3, -0.25) is 4.99 Å². The van der Waals surface area contributed by atoms with Gasteiger partial charge in [-0.05, 0) is 73.9 Å². The number of aliphatic imine (C=N–C) groups is 1. The van der Waals surface area contributed by atoms with Crippen LogP contribution in [-0.2, 0) is 6.42 Å². The highest BCUT2D eigenvalue weighted by Crippen LogP contribution is 2.35. The number of hydrogen-bond acceptors (Lipinski definition) is 2. The Morgan fingerprint density at radius 2 is 1.89 bits per heavy atom. The molecule has 0 saturated carbocycles. The maximum atomic E-state index is 13.9. The van der Waals surface area contributed by atoms with E-state index in [1.54, 1.807) is 17.8 Å². The minimum atomic E-state index is -0.388. The second-order valence-corrected chi connectivity index (χ2v) is 10.0. The molecule has 0 aliphatic carbocycles. The average Bonchev–Trinajstić information content (AvgIpc) is 3.23. The van der Waals surface area contributed by atoms with E-state index in [9.17, 15) is 8.78 Å². The number of unbranched alkanes of at least 4 members (excludes halogenated alkanes) is 1. The van der Waals surface area contributed by atoms with E-state index in [-0.39, 0.29) is 22.6 Å². The van der Waals surface area contributed by atoms with Gasteiger partial charge in [-0.1, -0.05) is 63.9 Å². The summed E-state index contributed by atoms with van der Waals surface area (Å²) in [5.74, 6) is -0.543. The topological polar surface area (TPSA) is 28.1 Å². The van der Waals surface area contributed by atoms with Crippen molar-refractivity contribution in [3.8, 4) is 0 Å². The van der Waals surface area contributed by atoms with E-state index in [0.717, 1.165) is 54.8 Å². The molecule has 0 aliphatic rings. The third-order valence-electron chi connectivity index (χ3n) is 6.02. The lowest BCUT2D eigenvalue weighted by Gasteiger charge is -2.14. The first kappa shape index (κ1) is 29.9. The van der Waals surface area contributed by atoms with Crippen molar-refractivity contribution >= 4 is 40.0 Å². The number of nitrogens with zero attached hydrogens (tertiary/aromatic N) is 1. The van der Waals surface area contributed by atoms with Crippen LogP contribution in [0.15, 0.2) is 71.0 Å². The van der Waals surface area contributed by atoms with Crippen molar-refractivity contribution in [3.05, 3.63) is 88.7 Å². The van der Waals surface area contributed by atoms with Gasteiger partial charge in [0.15, 0.2) is 0 Å². The van der Waals surface area contributed by atoms with Crippen molar-refractivity contribution in [1.82, 2.24) is 4.98 Å². The van der Waals surface area contributed by atoms with Gasteiger partial charge in [0.25, 0.3) is 0 Å². The van der Waals surface area contributed by atoms with Crippen molar-refractivity contribution in [2.45, 2.75) is 70.6 Å². The molecule has 0 radical (unpaired) electrons. The molecular weight excluding hydrogens is 494 g/mol. The normalized spacial score (nSPS) is 12.9. The smallest absolute Gasteiger partial charge is 0.143 e. The fraction of sp³-hybridized carbons (Fsp3) is 0.367. The number of allylic oxidation sites excluding steroid dienone is 2. The van der Waals surface area contributed by atoms with Gasteiger partial charge in [0.2, 0.25) is 0 Å². The Bertz CT molecular complexity index is 1200. The lowest BCUT2D eigenvalue weighted by molar-refractivity contribution is 0.630. The maximum Gasteiger partial charge on any atom is 0.143 e. The molecule has 0 spiro atoms. The van der Waals surface area contributed by atoms with E-state index >= 15 is 0 Å². The molecule has 0 bridgehead atoms. The van der Waals surface area contributed by atoms with Crippen molar-refractivity contribution in [2.24, 2.45) is 4.99 Å². The van der Waals surface area contributed by atoms with Crippen LogP contribution in [-0.4, -0.2) is 17.0 Å².